The number of hydrogen-bond donors (Lipinski definition) is 0. The van der Waals surface area contributed by atoms with Crippen LogP contribution in [0.5, 0.6) is 0 Å². The highest BCUT2D eigenvalue weighted by atomic mass is 19.1. The van der Waals surface area contributed by atoms with Gasteiger partial charge in [0.05, 0.1) is 5.92 Å². The molecule has 0 saturated carbocycles. The molecule has 1 heterocycles. The van der Waals surface area contributed by atoms with Crippen LogP contribution in [0.1, 0.15) is 23.1 Å². The first-order valence-electron chi connectivity index (χ1n) is 11.0. The second-order valence-electron chi connectivity index (χ2n) is 8.28. The fourth-order valence-electron chi connectivity index (χ4n) is 4.14. The van der Waals surface area contributed by atoms with Crippen molar-refractivity contribution < 1.29 is 14.0 Å². The summed E-state index contributed by atoms with van der Waals surface area (Å²) in [7, 11) is 0. The molecule has 2 amide bonds. The fourth-order valence-corrected chi connectivity index (χ4v) is 4.14. The fraction of sp³-hybridized carbons (Fsp3) is 0.259. The molecule has 3 aromatic rings. The van der Waals surface area contributed by atoms with Gasteiger partial charge in [0.25, 0.3) is 0 Å². The first kappa shape index (κ1) is 21.8. The molecule has 1 saturated heterocycles. The van der Waals surface area contributed by atoms with Crippen molar-refractivity contribution in [1.82, 2.24) is 9.80 Å². The number of rotatable bonds is 8. The van der Waals surface area contributed by atoms with Crippen LogP contribution in [0.25, 0.3) is 0 Å². The van der Waals surface area contributed by atoms with Gasteiger partial charge in [-0.25, -0.2) is 4.39 Å². The average Bonchev–Trinajstić information content (AvgIpc) is 3.19. The summed E-state index contributed by atoms with van der Waals surface area (Å²) in [6.07, 6.45) is 0.982. The van der Waals surface area contributed by atoms with Crippen molar-refractivity contribution in [1.29, 1.82) is 0 Å². The van der Waals surface area contributed by atoms with E-state index >= 15 is 0 Å². The van der Waals surface area contributed by atoms with Gasteiger partial charge in [-0.05, 0) is 35.2 Å². The van der Waals surface area contributed by atoms with Crippen molar-refractivity contribution >= 4 is 11.8 Å². The van der Waals surface area contributed by atoms with E-state index in [2.05, 4.69) is 12.1 Å². The monoisotopic (exact) mass is 430 g/mol. The van der Waals surface area contributed by atoms with E-state index in [1.54, 1.807) is 17.0 Å². The van der Waals surface area contributed by atoms with Gasteiger partial charge < -0.3 is 9.80 Å². The number of likely N-dealkylation sites (tertiary alicyclic amines) is 1. The Bertz CT molecular complexity index is 1040. The van der Waals surface area contributed by atoms with E-state index < -0.39 is 0 Å². The lowest BCUT2D eigenvalue weighted by molar-refractivity contribution is -0.136. The van der Waals surface area contributed by atoms with Crippen LogP contribution in [-0.4, -0.2) is 34.7 Å². The molecule has 3 aromatic carbocycles. The molecule has 5 heteroatoms. The summed E-state index contributed by atoms with van der Waals surface area (Å²) in [5, 5.41) is 0. The number of amides is 2. The molecule has 4 nitrogen and oxygen atoms in total. The molecule has 1 aliphatic rings. The molecule has 164 valence electrons. The Morgan fingerprint density at radius 2 is 1.50 bits per heavy atom. The van der Waals surface area contributed by atoms with Crippen LogP contribution >= 0.6 is 0 Å². The van der Waals surface area contributed by atoms with Crippen molar-refractivity contribution in [2.24, 2.45) is 5.92 Å². The molecule has 4 rings (SSSR count). The minimum absolute atomic E-state index is 0.0136. The predicted octanol–water partition coefficient (Wildman–Crippen LogP) is 4.45. The van der Waals surface area contributed by atoms with Crippen LogP contribution in [0.15, 0.2) is 84.9 Å². The van der Waals surface area contributed by atoms with Gasteiger partial charge in [-0.2, -0.15) is 0 Å². The molecule has 0 N–H and O–H groups in total. The molecule has 0 unspecified atom stereocenters. The SMILES string of the molecule is O=C1C[C@@H](C(=O)N(CCc2ccccc2)Cc2ccccc2)CN1Cc1ccc(F)cc1. The summed E-state index contributed by atoms with van der Waals surface area (Å²) in [6, 6.07) is 26.2. The third-order valence-electron chi connectivity index (χ3n) is 5.89. The summed E-state index contributed by atoms with van der Waals surface area (Å²) in [6.45, 7) is 1.91. The van der Waals surface area contributed by atoms with Gasteiger partial charge in [0, 0.05) is 32.6 Å². The van der Waals surface area contributed by atoms with Gasteiger partial charge in [0.15, 0.2) is 0 Å². The molecular weight excluding hydrogens is 403 g/mol. The normalized spacial score (nSPS) is 15.7. The second kappa shape index (κ2) is 10.2. The number of nitrogens with zero attached hydrogens (tertiary/aromatic N) is 2. The van der Waals surface area contributed by atoms with Crippen LogP contribution in [0.3, 0.4) is 0 Å². The Morgan fingerprint density at radius 3 is 2.16 bits per heavy atom. The van der Waals surface area contributed by atoms with Crippen LogP contribution in [0.2, 0.25) is 0 Å². The van der Waals surface area contributed by atoms with E-state index in [-0.39, 0.29) is 30.0 Å². The first-order valence-corrected chi connectivity index (χ1v) is 11.0. The van der Waals surface area contributed by atoms with Crippen LogP contribution in [-0.2, 0) is 29.1 Å². The number of halogens is 1. The van der Waals surface area contributed by atoms with Crippen molar-refractivity contribution in [3.63, 3.8) is 0 Å². The molecule has 1 aliphatic heterocycles. The summed E-state index contributed by atoms with van der Waals surface area (Å²) < 4.78 is 13.2. The van der Waals surface area contributed by atoms with Crippen molar-refractivity contribution in [3.05, 3.63) is 107 Å². The highest BCUT2D eigenvalue weighted by Crippen LogP contribution is 2.23. The van der Waals surface area contributed by atoms with Gasteiger partial charge in [-0.1, -0.05) is 72.8 Å². The van der Waals surface area contributed by atoms with Crippen LogP contribution < -0.4 is 0 Å². The van der Waals surface area contributed by atoms with E-state index in [0.717, 1.165) is 17.5 Å². The minimum atomic E-state index is -0.359. The summed E-state index contributed by atoms with van der Waals surface area (Å²) in [5.74, 6) is -0.679. The summed E-state index contributed by atoms with van der Waals surface area (Å²) in [5.41, 5.74) is 3.11. The largest absolute Gasteiger partial charge is 0.338 e. The molecule has 1 fully saturated rings. The zero-order chi connectivity index (χ0) is 22.3. The molecule has 0 radical (unpaired) electrons. The number of hydrogen-bond acceptors (Lipinski definition) is 2. The first-order chi connectivity index (χ1) is 15.6. The second-order valence-corrected chi connectivity index (χ2v) is 8.28. The maximum Gasteiger partial charge on any atom is 0.228 e. The van der Waals surface area contributed by atoms with Crippen molar-refractivity contribution in [2.45, 2.75) is 25.9 Å². The van der Waals surface area contributed by atoms with E-state index in [0.29, 0.717) is 26.2 Å². The van der Waals surface area contributed by atoms with E-state index in [1.165, 1.54) is 17.7 Å². The van der Waals surface area contributed by atoms with Crippen LogP contribution in [0, 0.1) is 11.7 Å². The van der Waals surface area contributed by atoms with Crippen molar-refractivity contribution in [2.75, 3.05) is 13.1 Å². The third-order valence-corrected chi connectivity index (χ3v) is 5.89. The minimum Gasteiger partial charge on any atom is -0.338 e. The van der Waals surface area contributed by atoms with E-state index in [1.807, 2.05) is 53.4 Å². The topological polar surface area (TPSA) is 40.6 Å². The maximum atomic E-state index is 13.5. The molecule has 0 aliphatic carbocycles. The lowest BCUT2D eigenvalue weighted by Gasteiger charge is -2.26. The quantitative estimate of drug-likeness (QED) is 0.530. The van der Waals surface area contributed by atoms with Gasteiger partial charge in [0.2, 0.25) is 11.8 Å². The Hall–Kier alpha value is -3.47. The highest BCUT2D eigenvalue weighted by Gasteiger charge is 2.36. The number of carbonyl (C=O) groups excluding carboxylic acids is 2. The van der Waals surface area contributed by atoms with Gasteiger partial charge >= 0.3 is 0 Å². The standard InChI is InChI=1S/C27H27FN2O2/c28-25-13-11-23(12-14-25)19-30-20-24(17-26(30)31)27(32)29(18-22-9-5-2-6-10-22)16-15-21-7-3-1-4-8-21/h1-14,24H,15-20H2/t24-/m1/s1. The predicted molar refractivity (Wildman–Crippen MR) is 122 cm³/mol. The number of benzene rings is 3. The smallest absolute Gasteiger partial charge is 0.228 e. The third kappa shape index (κ3) is 5.61. The Morgan fingerprint density at radius 1 is 0.875 bits per heavy atom. The molecule has 0 spiro atoms. The van der Waals surface area contributed by atoms with Crippen LogP contribution in [0.4, 0.5) is 4.39 Å². The lowest BCUT2D eigenvalue weighted by Crippen LogP contribution is -2.38. The average molecular weight is 431 g/mol. The van der Waals surface area contributed by atoms with Crippen molar-refractivity contribution in [3.8, 4) is 0 Å². The van der Waals surface area contributed by atoms with E-state index in [9.17, 15) is 14.0 Å². The molecule has 0 aromatic heterocycles. The molecule has 1 atom stereocenters. The van der Waals surface area contributed by atoms with Gasteiger partial charge in [-0.15, -0.1) is 0 Å². The van der Waals surface area contributed by atoms with E-state index in [4.69, 9.17) is 0 Å². The Balaban J connectivity index is 1.44. The molecular formula is C27H27FN2O2. The van der Waals surface area contributed by atoms with Gasteiger partial charge in [0.1, 0.15) is 5.82 Å². The number of carbonyl (C=O) groups is 2. The molecule has 0 bridgehead atoms. The Kier molecular flexibility index (Phi) is 6.95. The Labute approximate surface area is 188 Å². The zero-order valence-electron chi connectivity index (χ0n) is 18.0. The summed E-state index contributed by atoms with van der Waals surface area (Å²) >= 11 is 0. The van der Waals surface area contributed by atoms with Gasteiger partial charge in [-0.3, -0.25) is 9.59 Å². The highest BCUT2D eigenvalue weighted by molar-refractivity contribution is 5.89. The maximum absolute atomic E-state index is 13.5. The lowest BCUT2D eigenvalue weighted by atomic mass is 10.1. The molecule has 32 heavy (non-hydrogen) atoms. The summed E-state index contributed by atoms with van der Waals surface area (Å²) in [4.78, 5) is 29.6. The zero-order valence-corrected chi connectivity index (χ0v) is 18.0.